The highest BCUT2D eigenvalue weighted by Gasteiger charge is 2.25. The number of nitrogens with one attached hydrogen (secondary N) is 1. The molecule has 0 unspecified atom stereocenters. The smallest absolute Gasteiger partial charge is 0.323 e. The molecule has 226 valence electrons. The van der Waals surface area contributed by atoms with Crippen molar-refractivity contribution in [2.75, 3.05) is 5.32 Å². The predicted octanol–water partition coefficient (Wildman–Crippen LogP) is 6.10. The van der Waals surface area contributed by atoms with E-state index in [9.17, 15) is 18.4 Å². The molecule has 0 spiro atoms. The Morgan fingerprint density at radius 3 is 2.61 bits per heavy atom. The molecule has 2 atom stereocenters. The van der Waals surface area contributed by atoms with Crippen molar-refractivity contribution in [3.8, 4) is 33.6 Å². The molecule has 6 rings (SSSR count). The highest BCUT2D eigenvalue weighted by atomic mass is 35.5. The van der Waals surface area contributed by atoms with Gasteiger partial charge in [0.25, 0.3) is 5.56 Å². The van der Waals surface area contributed by atoms with Gasteiger partial charge in [0.1, 0.15) is 0 Å². The number of pyridine rings is 1. The molecule has 0 aliphatic carbocycles. The largest absolute Gasteiger partial charge is 0.333 e. The molecule has 5 heterocycles. The Hall–Kier alpha value is -4.78. The summed E-state index contributed by atoms with van der Waals surface area (Å²) in [7, 11) is 1.77. The lowest BCUT2D eigenvalue weighted by molar-refractivity contribution is -0.119. The fourth-order valence-corrected chi connectivity index (χ4v) is 5.65. The number of benzene rings is 1. The van der Waals surface area contributed by atoms with Crippen molar-refractivity contribution in [1.29, 1.82) is 0 Å². The van der Waals surface area contributed by atoms with Gasteiger partial charge in [-0.1, -0.05) is 31.0 Å². The molecule has 5 aromatic rings. The van der Waals surface area contributed by atoms with E-state index in [1.54, 1.807) is 30.2 Å². The van der Waals surface area contributed by atoms with Crippen LogP contribution in [0.25, 0.3) is 33.6 Å². The molecule has 0 radical (unpaired) electrons. The quantitative estimate of drug-likeness (QED) is 0.259. The monoisotopic (exact) mass is 622 g/mol. The number of aromatic nitrogens is 7. The third-order valence-electron chi connectivity index (χ3n) is 7.79. The number of hydrogen-bond acceptors (Lipinski definition) is 6. The van der Waals surface area contributed by atoms with Crippen molar-refractivity contribution in [1.82, 2.24) is 34.1 Å². The number of carbonyl (C=O) groups is 1. The zero-order valence-electron chi connectivity index (χ0n) is 23.6. The lowest BCUT2D eigenvalue weighted by atomic mass is 9.96. The molecule has 1 aliphatic rings. The molecule has 2 bridgehead atoms. The van der Waals surface area contributed by atoms with Crippen LogP contribution < -0.4 is 10.9 Å². The second-order valence-electron chi connectivity index (χ2n) is 10.6. The van der Waals surface area contributed by atoms with Crippen molar-refractivity contribution in [3.05, 3.63) is 88.3 Å². The van der Waals surface area contributed by atoms with Crippen LogP contribution in [-0.4, -0.2) is 40.0 Å². The molecule has 1 aromatic carbocycles. The summed E-state index contributed by atoms with van der Waals surface area (Å²) >= 11 is 6.09. The fourth-order valence-electron chi connectivity index (χ4n) is 5.49. The van der Waals surface area contributed by atoms with Gasteiger partial charge >= 0.3 is 6.55 Å². The number of aryl methyl sites for hydroxylation is 1. The summed E-state index contributed by atoms with van der Waals surface area (Å²) in [5.41, 5.74) is 2.38. The van der Waals surface area contributed by atoms with Crippen LogP contribution in [0.15, 0.2) is 66.2 Å². The SMILES string of the molecule is C[C@@H]1CCC[C@H](n2cnc(-c3c(-c4cnn(C(F)F)c4)ccc(Cl)c3F)cc2=O)c2cc(ccn2)-c2c(cnn2C)NC1=O. The van der Waals surface area contributed by atoms with Crippen molar-refractivity contribution >= 4 is 23.2 Å². The maximum absolute atomic E-state index is 15.5. The summed E-state index contributed by atoms with van der Waals surface area (Å²) in [6.45, 7) is -1.04. The molecule has 14 heteroatoms. The van der Waals surface area contributed by atoms with Gasteiger partial charge in [-0.3, -0.25) is 23.8 Å². The summed E-state index contributed by atoms with van der Waals surface area (Å²) < 4.78 is 45.4. The van der Waals surface area contributed by atoms with Crippen LogP contribution in [0.2, 0.25) is 5.02 Å². The van der Waals surface area contributed by atoms with Crippen LogP contribution in [0.1, 0.15) is 44.5 Å². The van der Waals surface area contributed by atoms with Crippen LogP contribution in [0, 0.1) is 11.7 Å². The maximum Gasteiger partial charge on any atom is 0.333 e. The number of carbonyl (C=O) groups excluding carboxylic acids is 1. The maximum atomic E-state index is 15.5. The number of nitrogens with zero attached hydrogens (tertiary/aromatic N) is 7. The Morgan fingerprint density at radius 2 is 1.86 bits per heavy atom. The van der Waals surface area contributed by atoms with Gasteiger partial charge in [-0.15, -0.1) is 0 Å². The molecule has 1 N–H and O–H groups in total. The summed E-state index contributed by atoms with van der Waals surface area (Å²) in [6.07, 6.45) is 8.43. The Kier molecular flexibility index (Phi) is 7.80. The van der Waals surface area contributed by atoms with E-state index in [4.69, 9.17) is 11.6 Å². The van der Waals surface area contributed by atoms with E-state index < -0.39 is 24.0 Å². The standard InChI is InChI=1S/C30H26ClF3N8O2/c1-16-4-3-5-24(21-10-17(8-9-35-21)28-23(39-29(16)44)13-37-40(28)2)41-15-36-22(11-25(41)43)26-19(6-7-20(31)27(26)32)18-12-38-42(14-18)30(33)34/h6-16,24,30H,3-5H2,1-2H3,(H,39,44)/t16-,24+/m1/s1. The first kappa shape index (κ1) is 29.3. The number of rotatable bonds is 4. The number of anilines is 1. The predicted molar refractivity (Wildman–Crippen MR) is 158 cm³/mol. The van der Waals surface area contributed by atoms with Gasteiger partial charge in [0.2, 0.25) is 5.91 Å². The summed E-state index contributed by atoms with van der Waals surface area (Å²) in [4.78, 5) is 35.6. The number of hydrogen-bond donors (Lipinski definition) is 1. The third kappa shape index (κ3) is 5.39. The fraction of sp³-hybridized carbons (Fsp3) is 0.267. The summed E-state index contributed by atoms with van der Waals surface area (Å²) in [5.74, 6) is -1.28. The molecule has 1 aliphatic heterocycles. The Morgan fingerprint density at radius 1 is 1.05 bits per heavy atom. The van der Waals surface area contributed by atoms with Gasteiger partial charge in [-0.05, 0) is 36.6 Å². The van der Waals surface area contributed by atoms with E-state index in [1.807, 2.05) is 13.0 Å². The van der Waals surface area contributed by atoms with Gasteiger partial charge in [-0.25, -0.2) is 14.1 Å². The molecular formula is C30H26ClF3N8O2. The van der Waals surface area contributed by atoms with E-state index in [0.717, 1.165) is 11.8 Å². The lowest BCUT2D eigenvalue weighted by Gasteiger charge is -2.22. The van der Waals surface area contributed by atoms with Crippen LogP contribution in [-0.2, 0) is 11.8 Å². The Bertz CT molecular complexity index is 1940. The van der Waals surface area contributed by atoms with Crippen molar-refractivity contribution in [3.63, 3.8) is 0 Å². The zero-order valence-corrected chi connectivity index (χ0v) is 24.3. The van der Waals surface area contributed by atoms with Gasteiger partial charge in [0.15, 0.2) is 5.82 Å². The van der Waals surface area contributed by atoms with Gasteiger partial charge in [-0.2, -0.15) is 19.0 Å². The van der Waals surface area contributed by atoms with Crippen LogP contribution >= 0.6 is 11.6 Å². The number of alkyl halides is 2. The lowest BCUT2D eigenvalue weighted by Crippen LogP contribution is -2.27. The second-order valence-corrected chi connectivity index (χ2v) is 11.0. The molecule has 10 nitrogen and oxygen atoms in total. The number of amides is 1. The minimum absolute atomic E-state index is 0.0225. The highest BCUT2D eigenvalue weighted by Crippen LogP contribution is 2.37. The van der Waals surface area contributed by atoms with Crippen molar-refractivity contribution in [2.45, 2.75) is 38.8 Å². The first-order valence-corrected chi connectivity index (χ1v) is 14.2. The molecule has 0 fully saturated rings. The number of fused-ring (bicyclic) bond motifs is 4. The van der Waals surface area contributed by atoms with Gasteiger partial charge in [0.05, 0.1) is 52.6 Å². The minimum Gasteiger partial charge on any atom is -0.323 e. The minimum atomic E-state index is -2.88. The topological polar surface area (TPSA) is 113 Å². The first-order chi connectivity index (χ1) is 21.1. The highest BCUT2D eigenvalue weighted by molar-refractivity contribution is 6.31. The molecule has 44 heavy (non-hydrogen) atoms. The molecule has 4 aromatic heterocycles. The average Bonchev–Trinajstić information content (AvgIpc) is 3.64. The molecule has 1 amide bonds. The van der Waals surface area contributed by atoms with Crippen LogP contribution in [0.4, 0.5) is 18.9 Å². The van der Waals surface area contributed by atoms with E-state index in [0.29, 0.717) is 41.0 Å². The average molecular weight is 623 g/mol. The van der Waals surface area contributed by atoms with Crippen molar-refractivity contribution < 1.29 is 18.0 Å². The van der Waals surface area contributed by atoms with Gasteiger partial charge in [0, 0.05) is 48.1 Å². The molecular weight excluding hydrogens is 597 g/mol. The van der Waals surface area contributed by atoms with Gasteiger partial charge < -0.3 is 5.32 Å². The summed E-state index contributed by atoms with van der Waals surface area (Å²) in [5, 5.41) is 10.7. The zero-order chi connectivity index (χ0) is 31.1. The Balaban J connectivity index is 1.45. The van der Waals surface area contributed by atoms with E-state index in [-0.39, 0.29) is 39.2 Å². The normalized spacial score (nSPS) is 17.1. The second kappa shape index (κ2) is 11.7. The molecule has 0 saturated carbocycles. The van der Waals surface area contributed by atoms with Crippen molar-refractivity contribution in [2.24, 2.45) is 13.0 Å². The molecule has 0 saturated heterocycles. The van der Waals surface area contributed by atoms with E-state index >= 15 is 4.39 Å². The van der Waals surface area contributed by atoms with E-state index in [2.05, 4.69) is 25.5 Å². The van der Waals surface area contributed by atoms with Crippen LogP contribution in [0.3, 0.4) is 0 Å². The summed E-state index contributed by atoms with van der Waals surface area (Å²) in [6, 6.07) is 7.04. The first-order valence-electron chi connectivity index (χ1n) is 13.8. The Labute approximate surface area is 254 Å². The van der Waals surface area contributed by atoms with E-state index in [1.165, 1.54) is 35.3 Å². The van der Waals surface area contributed by atoms with Crippen LogP contribution in [0.5, 0.6) is 0 Å². The third-order valence-corrected chi connectivity index (χ3v) is 8.08. The number of halogens is 4.